The van der Waals surface area contributed by atoms with Crippen molar-refractivity contribution in [3.05, 3.63) is 35.6 Å². The fraction of sp³-hybridized carbons (Fsp3) is 0.455. The Labute approximate surface area is 88.6 Å². The van der Waals surface area contributed by atoms with Crippen LogP contribution in [-0.2, 0) is 0 Å². The molecular formula is C11H16FNO2. The van der Waals surface area contributed by atoms with Gasteiger partial charge in [0.1, 0.15) is 5.82 Å². The summed E-state index contributed by atoms with van der Waals surface area (Å²) in [4.78, 5) is 0. The maximum Gasteiger partial charge on any atom is 0.127 e. The highest BCUT2D eigenvalue weighted by Gasteiger charge is 2.14. The van der Waals surface area contributed by atoms with Gasteiger partial charge in [-0.3, -0.25) is 0 Å². The molecule has 1 aromatic rings. The highest BCUT2D eigenvalue weighted by molar-refractivity contribution is 5.20. The molecule has 3 N–H and O–H groups in total. The molecule has 4 heteroatoms. The van der Waals surface area contributed by atoms with Crippen molar-refractivity contribution in [1.82, 2.24) is 5.32 Å². The molecule has 0 amide bonds. The molecule has 0 radical (unpaired) electrons. The van der Waals surface area contributed by atoms with Crippen LogP contribution in [-0.4, -0.2) is 29.5 Å². The summed E-state index contributed by atoms with van der Waals surface area (Å²) < 4.78 is 13.3. The number of aliphatic hydroxyl groups is 2. The van der Waals surface area contributed by atoms with Gasteiger partial charge in [-0.25, -0.2) is 4.39 Å². The van der Waals surface area contributed by atoms with Crippen molar-refractivity contribution in [3.8, 4) is 0 Å². The minimum atomic E-state index is -0.417. The van der Waals surface area contributed by atoms with Crippen LogP contribution in [0.4, 0.5) is 4.39 Å². The molecule has 0 saturated carbocycles. The van der Waals surface area contributed by atoms with Crippen LogP contribution in [0.1, 0.15) is 18.5 Å². The van der Waals surface area contributed by atoms with E-state index in [0.717, 1.165) is 0 Å². The normalized spacial score (nSPS) is 13.1. The third kappa shape index (κ3) is 3.27. The van der Waals surface area contributed by atoms with E-state index in [-0.39, 0.29) is 25.1 Å². The zero-order valence-electron chi connectivity index (χ0n) is 8.65. The van der Waals surface area contributed by atoms with Gasteiger partial charge in [0.2, 0.25) is 0 Å². The summed E-state index contributed by atoms with van der Waals surface area (Å²) in [5.74, 6) is -0.285. The second kappa shape index (κ2) is 5.80. The highest BCUT2D eigenvalue weighted by atomic mass is 19.1. The zero-order chi connectivity index (χ0) is 11.3. The van der Waals surface area contributed by atoms with Crippen LogP contribution in [0.15, 0.2) is 24.3 Å². The van der Waals surface area contributed by atoms with Crippen molar-refractivity contribution in [2.24, 2.45) is 0 Å². The lowest BCUT2D eigenvalue weighted by atomic mass is 10.1. The van der Waals surface area contributed by atoms with Gasteiger partial charge in [-0.15, -0.1) is 0 Å². The van der Waals surface area contributed by atoms with Gasteiger partial charge in [0.25, 0.3) is 0 Å². The number of hydrogen-bond acceptors (Lipinski definition) is 3. The van der Waals surface area contributed by atoms with Crippen LogP contribution in [0.25, 0.3) is 0 Å². The van der Waals surface area contributed by atoms with Gasteiger partial charge in [0.15, 0.2) is 0 Å². The highest BCUT2D eigenvalue weighted by Crippen LogP contribution is 2.16. The fourth-order valence-corrected chi connectivity index (χ4v) is 1.43. The summed E-state index contributed by atoms with van der Waals surface area (Å²) in [5, 5.41) is 20.7. The number of benzene rings is 1. The van der Waals surface area contributed by atoms with Crippen LogP contribution in [0, 0.1) is 5.82 Å². The number of hydrogen-bond donors (Lipinski definition) is 3. The molecule has 0 heterocycles. The first kappa shape index (κ1) is 12.1. The molecule has 0 fully saturated rings. The average Bonchev–Trinajstić information content (AvgIpc) is 2.26. The molecule has 1 atom stereocenters. The van der Waals surface area contributed by atoms with Gasteiger partial charge in [-0.05, 0) is 13.0 Å². The average molecular weight is 213 g/mol. The number of halogens is 1. The Bertz CT molecular complexity index is 302. The van der Waals surface area contributed by atoms with Crippen LogP contribution >= 0.6 is 0 Å². The summed E-state index contributed by atoms with van der Waals surface area (Å²) in [5.41, 5.74) is 0.532. The smallest absolute Gasteiger partial charge is 0.127 e. The molecule has 0 aliphatic carbocycles. The minimum absolute atomic E-state index is 0.171. The molecule has 0 spiro atoms. The predicted molar refractivity (Wildman–Crippen MR) is 55.9 cm³/mol. The van der Waals surface area contributed by atoms with Gasteiger partial charge in [-0.1, -0.05) is 18.2 Å². The third-order valence-electron chi connectivity index (χ3n) is 2.30. The van der Waals surface area contributed by atoms with E-state index >= 15 is 0 Å². The lowest BCUT2D eigenvalue weighted by molar-refractivity contribution is 0.163. The van der Waals surface area contributed by atoms with E-state index in [4.69, 9.17) is 10.2 Å². The predicted octanol–water partition coefficient (Wildman–Crippen LogP) is 0.829. The quantitative estimate of drug-likeness (QED) is 0.679. The molecule has 0 aromatic heterocycles. The maximum atomic E-state index is 13.3. The Morgan fingerprint density at radius 1 is 1.27 bits per heavy atom. The lowest BCUT2D eigenvalue weighted by Gasteiger charge is -2.20. The van der Waals surface area contributed by atoms with Crippen molar-refractivity contribution >= 4 is 0 Å². The van der Waals surface area contributed by atoms with Crippen LogP contribution in [0.2, 0.25) is 0 Å². The number of rotatable bonds is 5. The molecule has 84 valence electrons. The molecule has 15 heavy (non-hydrogen) atoms. The van der Waals surface area contributed by atoms with E-state index < -0.39 is 6.04 Å². The molecule has 1 rings (SSSR count). The lowest BCUT2D eigenvalue weighted by Crippen LogP contribution is -2.37. The van der Waals surface area contributed by atoms with E-state index in [9.17, 15) is 4.39 Å². The zero-order valence-corrected chi connectivity index (χ0v) is 8.65. The summed E-state index contributed by atoms with van der Waals surface area (Å²) in [7, 11) is 0. The van der Waals surface area contributed by atoms with E-state index in [1.807, 2.05) is 0 Å². The largest absolute Gasteiger partial charge is 0.395 e. The van der Waals surface area contributed by atoms with Gasteiger partial charge in [0, 0.05) is 11.6 Å². The second-order valence-electron chi connectivity index (χ2n) is 3.47. The summed E-state index contributed by atoms with van der Waals surface area (Å²) >= 11 is 0. The van der Waals surface area contributed by atoms with E-state index in [2.05, 4.69) is 5.32 Å². The van der Waals surface area contributed by atoms with Crippen molar-refractivity contribution in [1.29, 1.82) is 0 Å². The Hall–Kier alpha value is -0.970. The summed E-state index contributed by atoms with van der Waals surface area (Å²) in [6.07, 6.45) is 0. The van der Waals surface area contributed by atoms with E-state index in [1.54, 1.807) is 25.1 Å². The Morgan fingerprint density at radius 2 is 1.87 bits per heavy atom. The van der Waals surface area contributed by atoms with Gasteiger partial charge in [-0.2, -0.15) is 0 Å². The van der Waals surface area contributed by atoms with Crippen molar-refractivity contribution in [3.63, 3.8) is 0 Å². The number of aliphatic hydroxyl groups excluding tert-OH is 2. The van der Waals surface area contributed by atoms with E-state index in [1.165, 1.54) is 6.07 Å². The van der Waals surface area contributed by atoms with Gasteiger partial charge >= 0.3 is 0 Å². The van der Waals surface area contributed by atoms with E-state index in [0.29, 0.717) is 5.56 Å². The Balaban J connectivity index is 2.68. The van der Waals surface area contributed by atoms with Crippen LogP contribution in [0.3, 0.4) is 0 Å². The molecule has 3 nitrogen and oxygen atoms in total. The minimum Gasteiger partial charge on any atom is -0.395 e. The topological polar surface area (TPSA) is 52.5 Å². The van der Waals surface area contributed by atoms with Crippen molar-refractivity contribution < 1.29 is 14.6 Å². The molecular weight excluding hydrogens is 197 g/mol. The van der Waals surface area contributed by atoms with Gasteiger partial charge < -0.3 is 15.5 Å². The second-order valence-corrected chi connectivity index (χ2v) is 3.47. The third-order valence-corrected chi connectivity index (χ3v) is 2.30. The molecule has 0 bridgehead atoms. The van der Waals surface area contributed by atoms with Crippen LogP contribution < -0.4 is 5.32 Å². The maximum absolute atomic E-state index is 13.3. The molecule has 0 aliphatic heterocycles. The first-order valence-electron chi connectivity index (χ1n) is 4.91. The first-order chi connectivity index (χ1) is 7.19. The fourth-order valence-electron chi connectivity index (χ4n) is 1.43. The Morgan fingerprint density at radius 3 is 2.40 bits per heavy atom. The van der Waals surface area contributed by atoms with Crippen LogP contribution in [0.5, 0.6) is 0 Å². The number of nitrogens with one attached hydrogen (secondary N) is 1. The summed E-state index contributed by atoms with van der Waals surface area (Å²) in [6.45, 7) is 1.45. The van der Waals surface area contributed by atoms with Crippen molar-refractivity contribution in [2.75, 3.05) is 13.2 Å². The Kier molecular flexibility index (Phi) is 4.68. The molecule has 1 aromatic carbocycles. The molecule has 0 aliphatic rings. The standard InChI is InChI=1S/C11H16FNO2/c1-8(13-9(6-14)7-15)10-4-2-3-5-11(10)12/h2-5,8-9,13-15H,6-7H2,1H3/t8-/m0/s1. The molecule has 0 unspecified atom stereocenters. The molecule has 0 saturated heterocycles. The summed E-state index contributed by atoms with van der Waals surface area (Å²) in [6, 6.07) is 5.79. The first-order valence-corrected chi connectivity index (χ1v) is 4.91. The van der Waals surface area contributed by atoms with Crippen molar-refractivity contribution in [2.45, 2.75) is 19.0 Å². The monoisotopic (exact) mass is 213 g/mol. The SMILES string of the molecule is C[C@H](NC(CO)CO)c1ccccc1F. The van der Waals surface area contributed by atoms with Gasteiger partial charge in [0.05, 0.1) is 19.3 Å².